The Balaban J connectivity index is -0.0000000267. The Hall–Kier alpha value is 1.82. The van der Waals surface area contributed by atoms with Crippen LogP contribution in [0.5, 0.6) is 0 Å². The fourth-order valence-electron chi connectivity index (χ4n) is 0. The first-order valence-corrected chi connectivity index (χ1v) is 2.35. The third-order valence-electron chi connectivity index (χ3n) is 0. The molecule has 0 amide bonds. The van der Waals surface area contributed by atoms with Crippen molar-refractivity contribution < 1.29 is 71.9 Å². The van der Waals surface area contributed by atoms with E-state index in [9.17, 15) is 0 Å². The molecule has 0 spiro atoms. The maximum atomic E-state index is 8.88. The van der Waals surface area contributed by atoms with Gasteiger partial charge in [-0.05, 0) is 0 Å². The molecule has 0 aromatic heterocycles. The Morgan fingerprint density at radius 3 is 1.29 bits per heavy atom. The number of hydrogen-bond acceptors (Lipinski definition) is 1. The van der Waals surface area contributed by atoms with Gasteiger partial charge in [0, 0.05) is 21.7 Å². The molecule has 0 aromatic rings. The Morgan fingerprint density at radius 2 is 1.29 bits per heavy atom. The van der Waals surface area contributed by atoms with Gasteiger partial charge in [-0.1, -0.05) is 0 Å². The van der Waals surface area contributed by atoms with Gasteiger partial charge in [0.1, 0.15) is 0 Å². The van der Waals surface area contributed by atoms with Crippen molar-refractivity contribution in [1.29, 1.82) is 0 Å². The van der Waals surface area contributed by atoms with Crippen LogP contribution in [0.25, 0.3) is 0 Å². The zero-order valence-electron chi connectivity index (χ0n) is 4.70. The van der Waals surface area contributed by atoms with Gasteiger partial charge >= 0.3 is 37.4 Å². The van der Waals surface area contributed by atoms with Crippen LogP contribution >= 0.6 is 7.82 Å². The van der Waals surface area contributed by atoms with Gasteiger partial charge in [0.2, 0.25) is 0 Å². The van der Waals surface area contributed by atoms with Gasteiger partial charge in [0.05, 0.1) is 0 Å². The Morgan fingerprint density at radius 1 is 1.29 bits per heavy atom. The Bertz CT molecular complexity index is 62.2. The summed E-state index contributed by atoms with van der Waals surface area (Å²) in [6.45, 7) is 0. The molecule has 0 aliphatic rings. The van der Waals surface area contributed by atoms with Crippen LogP contribution in [0.1, 0.15) is 1.43 Å². The van der Waals surface area contributed by atoms with Gasteiger partial charge in [-0.2, -0.15) is 0 Å². The maximum absolute atomic E-state index is 8.88. The molecule has 0 aromatic carbocycles. The van der Waals surface area contributed by atoms with Crippen LogP contribution < -0.4 is 29.6 Å². The average molecular weight is 170 g/mol. The Kier molecular flexibility index (Phi) is 13.5. The molecule has 0 heterocycles. The molecular formula is H4NaO4PTi. The molecule has 0 rings (SSSR count). The fourth-order valence-corrected chi connectivity index (χ4v) is 0. The van der Waals surface area contributed by atoms with E-state index < -0.39 is 7.82 Å². The first kappa shape index (κ1) is 15.9. The molecule has 0 saturated heterocycles. The zero-order valence-corrected chi connectivity index (χ0v) is 8.15. The van der Waals surface area contributed by atoms with Crippen molar-refractivity contribution in [3.8, 4) is 0 Å². The molecule has 7 heavy (non-hydrogen) atoms. The molecule has 0 bridgehead atoms. The third kappa shape index (κ3) is 79.8. The van der Waals surface area contributed by atoms with E-state index in [1.165, 1.54) is 0 Å². The van der Waals surface area contributed by atoms with E-state index in [1.54, 1.807) is 0 Å². The second-order valence-electron chi connectivity index (χ2n) is 0.513. The second-order valence-corrected chi connectivity index (χ2v) is 1.54. The molecule has 0 fully saturated rings. The summed E-state index contributed by atoms with van der Waals surface area (Å²) in [6.07, 6.45) is 0. The van der Waals surface area contributed by atoms with E-state index in [4.69, 9.17) is 19.2 Å². The van der Waals surface area contributed by atoms with E-state index in [0.29, 0.717) is 0 Å². The van der Waals surface area contributed by atoms with Crippen LogP contribution in [0.2, 0.25) is 0 Å². The largest absolute Gasteiger partial charge is 1.00 e. The molecular weight excluding hydrogens is 166 g/mol. The predicted molar refractivity (Wildman–Crippen MR) is 15.4 cm³/mol. The van der Waals surface area contributed by atoms with Gasteiger partial charge in [-0.25, -0.2) is 4.57 Å². The van der Waals surface area contributed by atoms with E-state index in [1.807, 2.05) is 0 Å². The van der Waals surface area contributed by atoms with Gasteiger partial charge in [-0.3, -0.25) is 0 Å². The summed E-state index contributed by atoms with van der Waals surface area (Å²) < 4.78 is 8.88. The monoisotopic (exact) mass is 170 g/mol. The van der Waals surface area contributed by atoms with Crippen molar-refractivity contribution >= 4 is 7.82 Å². The van der Waals surface area contributed by atoms with E-state index >= 15 is 0 Å². The minimum absolute atomic E-state index is 0. The topological polar surface area (TPSA) is 77.8 Å². The smallest absolute Gasteiger partial charge is 1.00 e. The number of phosphoric acid groups is 1. The van der Waals surface area contributed by atoms with Gasteiger partial charge < -0.3 is 16.1 Å². The number of hydrogen-bond donors (Lipinski definition) is 3. The predicted octanol–water partition coefficient (Wildman–Crippen LogP) is -3.81. The normalized spacial score (nSPS) is 8.43. The summed E-state index contributed by atoms with van der Waals surface area (Å²) in [6, 6.07) is 0. The van der Waals surface area contributed by atoms with E-state index in [0.717, 1.165) is 0 Å². The maximum Gasteiger partial charge on any atom is 1.00 e. The van der Waals surface area contributed by atoms with Crippen LogP contribution in [0.3, 0.4) is 0 Å². The second kappa shape index (κ2) is 5.95. The molecule has 0 radical (unpaired) electrons. The first-order valence-electron chi connectivity index (χ1n) is 0.783. The summed E-state index contributed by atoms with van der Waals surface area (Å²) >= 11 is 0. The molecule has 4 nitrogen and oxygen atoms in total. The molecule has 0 aliphatic heterocycles. The molecule has 0 atom stereocenters. The minimum Gasteiger partial charge on any atom is -1.00 e. The molecule has 38 valence electrons. The van der Waals surface area contributed by atoms with Gasteiger partial charge in [-0.15, -0.1) is 0 Å². The van der Waals surface area contributed by atoms with Crippen molar-refractivity contribution in [2.45, 2.75) is 0 Å². The summed E-state index contributed by atoms with van der Waals surface area (Å²) in [7, 11) is -4.64. The SMILES string of the molecule is O=P(O)(O)O.[H-].[Na+].[Ti]. The number of rotatable bonds is 0. The summed E-state index contributed by atoms with van der Waals surface area (Å²) in [5.74, 6) is 0. The van der Waals surface area contributed by atoms with Crippen LogP contribution in [-0.4, -0.2) is 14.7 Å². The zero-order chi connectivity index (χ0) is 4.50. The minimum atomic E-state index is -4.64. The van der Waals surface area contributed by atoms with Crippen LogP contribution in [0.4, 0.5) is 0 Å². The molecule has 0 unspecified atom stereocenters. The first-order chi connectivity index (χ1) is 2.00. The summed E-state index contributed by atoms with van der Waals surface area (Å²) in [5, 5.41) is 0. The van der Waals surface area contributed by atoms with Crippen molar-refractivity contribution in [3.63, 3.8) is 0 Å². The van der Waals surface area contributed by atoms with E-state index in [2.05, 4.69) is 0 Å². The quantitative estimate of drug-likeness (QED) is 0.257. The molecule has 0 aliphatic carbocycles. The van der Waals surface area contributed by atoms with Crippen molar-refractivity contribution in [1.82, 2.24) is 0 Å². The van der Waals surface area contributed by atoms with Crippen LogP contribution in [0, 0.1) is 0 Å². The molecule has 3 N–H and O–H groups in total. The standard InChI is InChI=1S/Na.H3O4P.Ti.H/c;1-5(2,3)4;;/h;(H3,1,2,3,4);;/q+1;;;-1. The van der Waals surface area contributed by atoms with Crippen molar-refractivity contribution in [2.75, 3.05) is 0 Å². The van der Waals surface area contributed by atoms with Crippen LogP contribution in [0.15, 0.2) is 0 Å². The third-order valence-corrected chi connectivity index (χ3v) is 0. The van der Waals surface area contributed by atoms with Gasteiger partial charge in [0.25, 0.3) is 0 Å². The summed E-state index contributed by atoms with van der Waals surface area (Å²) in [5.41, 5.74) is 0. The van der Waals surface area contributed by atoms with Crippen molar-refractivity contribution in [3.05, 3.63) is 0 Å². The Labute approximate surface area is 79.2 Å². The summed E-state index contributed by atoms with van der Waals surface area (Å²) in [4.78, 5) is 21.6. The van der Waals surface area contributed by atoms with Gasteiger partial charge in [0.15, 0.2) is 0 Å². The molecule has 0 saturated carbocycles. The average Bonchev–Trinajstić information content (AvgIpc) is 0.722. The van der Waals surface area contributed by atoms with Crippen molar-refractivity contribution in [2.24, 2.45) is 0 Å². The van der Waals surface area contributed by atoms with Crippen LogP contribution in [-0.2, 0) is 26.3 Å². The fraction of sp³-hybridized carbons (Fsp3) is 0. The van der Waals surface area contributed by atoms with E-state index in [-0.39, 0.29) is 52.7 Å². The molecule has 7 heteroatoms.